The topological polar surface area (TPSA) is 117 Å². The number of amides is 1. The highest BCUT2D eigenvalue weighted by Gasteiger charge is 2.23. The monoisotopic (exact) mass is 427 g/mol. The Morgan fingerprint density at radius 2 is 2.07 bits per heavy atom. The Labute approximate surface area is 178 Å². The molecule has 0 saturated heterocycles. The number of aliphatic hydroxyl groups excluding tert-OH is 1. The van der Waals surface area contributed by atoms with Crippen molar-refractivity contribution in [2.45, 2.75) is 31.5 Å². The molecule has 30 heavy (non-hydrogen) atoms. The minimum atomic E-state index is -0.362. The van der Waals surface area contributed by atoms with Crippen molar-refractivity contribution in [3.8, 4) is 0 Å². The van der Waals surface area contributed by atoms with E-state index >= 15 is 0 Å². The molecule has 4 rings (SSSR count). The molecule has 4 N–H and O–H groups in total. The van der Waals surface area contributed by atoms with Crippen molar-refractivity contribution in [3.05, 3.63) is 59.5 Å². The third-order valence-electron chi connectivity index (χ3n) is 4.58. The maximum Gasteiger partial charge on any atom is 0.241 e. The summed E-state index contributed by atoms with van der Waals surface area (Å²) in [6, 6.07) is 9.49. The van der Waals surface area contributed by atoms with Gasteiger partial charge in [-0.25, -0.2) is 4.98 Å². The molecule has 1 aromatic carbocycles. The second-order valence-electron chi connectivity index (χ2n) is 7.07. The molecule has 3 aromatic rings. The van der Waals surface area contributed by atoms with E-state index in [-0.39, 0.29) is 25.1 Å². The Morgan fingerprint density at radius 3 is 2.80 bits per heavy atom. The molecule has 1 fully saturated rings. The molecule has 0 spiro atoms. The van der Waals surface area contributed by atoms with Gasteiger partial charge in [0.25, 0.3) is 0 Å². The zero-order valence-corrected chi connectivity index (χ0v) is 16.9. The molecule has 1 aliphatic carbocycles. The lowest BCUT2D eigenvalue weighted by Crippen LogP contribution is -2.29. The molecule has 1 saturated carbocycles. The number of halogens is 1. The fourth-order valence-corrected chi connectivity index (χ4v) is 3.05. The van der Waals surface area contributed by atoms with E-state index in [2.05, 4.69) is 31.0 Å². The number of benzene rings is 1. The van der Waals surface area contributed by atoms with E-state index in [9.17, 15) is 9.90 Å². The molecule has 1 aliphatic rings. The SMILES string of the molecule is O=C(Cn1cc(Nc2ncc(Cl)c(N[C@H](CO)c3ccccc3)n2)cn1)NC1CC1. The van der Waals surface area contributed by atoms with Gasteiger partial charge in [0.05, 0.1) is 30.7 Å². The largest absolute Gasteiger partial charge is 0.394 e. The maximum absolute atomic E-state index is 11.9. The zero-order valence-electron chi connectivity index (χ0n) is 16.1. The van der Waals surface area contributed by atoms with Crippen LogP contribution in [0, 0.1) is 0 Å². The molecule has 1 amide bonds. The second-order valence-corrected chi connectivity index (χ2v) is 7.48. The van der Waals surface area contributed by atoms with Crippen LogP contribution in [0.1, 0.15) is 24.4 Å². The third-order valence-corrected chi connectivity index (χ3v) is 4.85. The lowest BCUT2D eigenvalue weighted by atomic mass is 10.1. The van der Waals surface area contributed by atoms with Gasteiger partial charge in [-0.3, -0.25) is 9.48 Å². The number of nitrogens with one attached hydrogen (secondary N) is 3. The number of carbonyl (C=O) groups is 1. The maximum atomic E-state index is 11.9. The van der Waals surface area contributed by atoms with E-state index in [1.54, 1.807) is 17.1 Å². The molecule has 2 aromatic heterocycles. The van der Waals surface area contributed by atoms with Crippen molar-refractivity contribution >= 4 is 35.0 Å². The lowest BCUT2D eigenvalue weighted by molar-refractivity contribution is -0.122. The Kier molecular flexibility index (Phi) is 6.10. The Morgan fingerprint density at radius 1 is 1.27 bits per heavy atom. The van der Waals surface area contributed by atoms with Crippen molar-refractivity contribution in [2.24, 2.45) is 0 Å². The average Bonchev–Trinajstić information content (AvgIpc) is 3.46. The number of anilines is 3. The highest BCUT2D eigenvalue weighted by molar-refractivity contribution is 6.32. The normalized spacial score (nSPS) is 14.2. The molecular formula is C20H22ClN7O2. The summed E-state index contributed by atoms with van der Waals surface area (Å²) in [5.41, 5.74) is 1.55. The number of aromatic nitrogens is 4. The van der Waals surface area contributed by atoms with Gasteiger partial charge in [0, 0.05) is 12.2 Å². The number of hydrogen-bond donors (Lipinski definition) is 4. The molecule has 9 nitrogen and oxygen atoms in total. The Hall–Kier alpha value is -3.17. The molecule has 1 atom stereocenters. The van der Waals surface area contributed by atoms with Gasteiger partial charge in [-0.05, 0) is 18.4 Å². The molecular weight excluding hydrogens is 406 g/mol. The molecule has 10 heteroatoms. The number of carbonyl (C=O) groups excluding carboxylic acids is 1. The summed E-state index contributed by atoms with van der Waals surface area (Å²) in [5.74, 6) is 0.652. The molecule has 0 aliphatic heterocycles. The van der Waals surface area contributed by atoms with E-state index in [0.717, 1.165) is 18.4 Å². The quantitative estimate of drug-likeness (QED) is 0.414. The summed E-state index contributed by atoms with van der Waals surface area (Å²) in [4.78, 5) is 20.5. The van der Waals surface area contributed by atoms with Gasteiger partial charge >= 0.3 is 0 Å². The fourth-order valence-electron chi connectivity index (χ4n) is 2.91. The minimum Gasteiger partial charge on any atom is -0.394 e. The van der Waals surface area contributed by atoms with Crippen molar-refractivity contribution in [2.75, 3.05) is 17.2 Å². The standard InChI is InChI=1S/C20H22ClN7O2/c21-16-9-22-20(27-19(16)26-17(12-29)13-4-2-1-3-5-13)25-15-8-23-28(10-15)11-18(30)24-14-6-7-14/h1-5,8-10,14,17,29H,6-7,11-12H2,(H,24,30)(H2,22,25,26,27)/t17-/m1/s1. The molecule has 0 unspecified atom stereocenters. The van der Waals surface area contributed by atoms with Gasteiger partial charge in [0.1, 0.15) is 11.6 Å². The molecule has 0 bridgehead atoms. The van der Waals surface area contributed by atoms with Gasteiger partial charge in [0.15, 0.2) is 5.82 Å². The minimum absolute atomic E-state index is 0.0580. The van der Waals surface area contributed by atoms with Crippen molar-refractivity contribution in [1.29, 1.82) is 0 Å². The second kappa shape index (κ2) is 9.10. The van der Waals surface area contributed by atoms with Gasteiger partial charge < -0.3 is 21.1 Å². The number of nitrogens with zero attached hydrogens (tertiary/aromatic N) is 4. The van der Waals surface area contributed by atoms with Crippen LogP contribution in [0.15, 0.2) is 48.9 Å². The first kappa shape index (κ1) is 20.1. The molecule has 0 radical (unpaired) electrons. The molecule has 2 heterocycles. The van der Waals surface area contributed by atoms with Gasteiger partial charge in [0.2, 0.25) is 11.9 Å². The lowest BCUT2D eigenvalue weighted by Gasteiger charge is -2.18. The first-order valence-corrected chi connectivity index (χ1v) is 10.0. The van der Waals surface area contributed by atoms with Crippen LogP contribution in [0.4, 0.5) is 17.5 Å². The zero-order chi connectivity index (χ0) is 20.9. The number of aliphatic hydroxyl groups is 1. The summed E-state index contributed by atoms with van der Waals surface area (Å²) < 4.78 is 1.55. The van der Waals surface area contributed by atoms with Gasteiger partial charge in [-0.1, -0.05) is 41.9 Å². The van der Waals surface area contributed by atoms with Crippen LogP contribution in [0.2, 0.25) is 5.02 Å². The molecule has 156 valence electrons. The average molecular weight is 428 g/mol. The third kappa shape index (κ3) is 5.25. The number of hydrogen-bond acceptors (Lipinski definition) is 7. The smallest absolute Gasteiger partial charge is 0.241 e. The highest BCUT2D eigenvalue weighted by Crippen LogP contribution is 2.25. The van der Waals surface area contributed by atoms with E-state index in [0.29, 0.717) is 28.5 Å². The first-order valence-electron chi connectivity index (χ1n) is 9.64. The van der Waals surface area contributed by atoms with Crippen LogP contribution >= 0.6 is 11.6 Å². The Bertz CT molecular complexity index is 1010. The van der Waals surface area contributed by atoms with E-state index in [4.69, 9.17) is 11.6 Å². The predicted octanol–water partition coefficient (Wildman–Crippen LogP) is 2.49. The van der Waals surface area contributed by atoms with Gasteiger partial charge in [-0.15, -0.1) is 0 Å². The summed E-state index contributed by atoms with van der Waals surface area (Å²) >= 11 is 6.24. The first-order chi connectivity index (χ1) is 14.6. The van der Waals surface area contributed by atoms with Crippen LogP contribution in [-0.2, 0) is 11.3 Å². The van der Waals surface area contributed by atoms with Crippen LogP contribution in [0.25, 0.3) is 0 Å². The van der Waals surface area contributed by atoms with Crippen molar-refractivity contribution in [1.82, 2.24) is 25.1 Å². The highest BCUT2D eigenvalue weighted by atomic mass is 35.5. The summed E-state index contributed by atoms with van der Waals surface area (Å²) in [6.07, 6.45) is 6.87. The van der Waals surface area contributed by atoms with E-state index < -0.39 is 0 Å². The van der Waals surface area contributed by atoms with E-state index in [1.165, 1.54) is 6.20 Å². The predicted molar refractivity (Wildman–Crippen MR) is 114 cm³/mol. The number of rotatable bonds is 9. The summed E-state index contributed by atoms with van der Waals surface area (Å²) in [5, 5.41) is 23.4. The van der Waals surface area contributed by atoms with Crippen LogP contribution in [0.3, 0.4) is 0 Å². The summed E-state index contributed by atoms with van der Waals surface area (Å²) in [6.45, 7) is 0.0323. The Balaban J connectivity index is 1.42. The van der Waals surface area contributed by atoms with Crippen molar-refractivity contribution in [3.63, 3.8) is 0 Å². The van der Waals surface area contributed by atoms with Crippen molar-refractivity contribution < 1.29 is 9.90 Å². The van der Waals surface area contributed by atoms with Crippen LogP contribution < -0.4 is 16.0 Å². The fraction of sp³-hybridized carbons (Fsp3) is 0.300. The van der Waals surface area contributed by atoms with Crippen LogP contribution in [-0.4, -0.2) is 43.4 Å². The van der Waals surface area contributed by atoms with Gasteiger partial charge in [-0.2, -0.15) is 10.1 Å². The van der Waals surface area contributed by atoms with E-state index in [1.807, 2.05) is 30.3 Å². The summed E-state index contributed by atoms with van der Waals surface area (Å²) in [7, 11) is 0. The van der Waals surface area contributed by atoms with Crippen LogP contribution in [0.5, 0.6) is 0 Å².